The molecule has 2 atom stereocenters. The smallest absolute Gasteiger partial charge is 0.137 e. The van der Waals surface area contributed by atoms with Crippen LogP contribution >= 0.6 is 11.3 Å². The average molecular weight is 626 g/mol. The van der Waals surface area contributed by atoms with Crippen LogP contribution in [0.3, 0.4) is 0 Å². The minimum absolute atomic E-state index is 0.0252. The fourth-order valence-corrected chi connectivity index (χ4v) is 10.3. The summed E-state index contributed by atoms with van der Waals surface area (Å²) in [5, 5.41) is 5.22. The second-order valence-corrected chi connectivity index (χ2v) is 15.0. The minimum atomic E-state index is -0.0252. The summed E-state index contributed by atoms with van der Waals surface area (Å²) in [4.78, 5) is 7.62. The van der Waals surface area contributed by atoms with Crippen molar-refractivity contribution in [3.05, 3.63) is 133 Å². The van der Waals surface area contributed by atoms with Gasteiger partial charge in [-0.2, -0.15) is 0 Å². The Bertz CT molecular complexity index is 2540. The number of aromatic nitrogens is 2. The first-order valence-electron chi connectivity index (χ1n) is 16.9. The van der Waals surface area contributed by atoms with E-state index in [9.17, 15) is 0 Å². The van der Waals surface area contributed by atoms with Gasteiger partial charge in [-0.1, -0.05) is 92.6 Å². The van der Waals surface area contributed by atoms with E-state index in [1.807, 2.05) is 17.5 Å². The van der Waals surface area contributed by atoms with E-state index in [1.165, 1.54) is 89.3 Å². The third kappa shape index (κ3) is 3.59. The van der Waals surface area contributed by atoms with Gasteiger partial charge in [-0.3, -0.25) is 0 Å². The Morgan fingerprint density at radius 3 is 2.32 bits per heavy atom. The maximum atomic E-state index is 5.04. The zero-order valence-electron chi connectivity index (χ0n) is 26.7. The second kappa shape index (κ2) is 9.79. The number of pyridine rings is 1. The van der Waals surface area contributed by atoms with Gasteiger partial charge in [0.1, 0.15) is 5.82 Å². The molecule has 1 aliphatic heterocycles. The lowest BCUT2D eigenvalue weighted by atomic mass is 9.61. The molecule has 47 heavy (non-hydrogen) atoms. The summed E-state index contributed by atoms with van der Waals surface area (Å²) in [6.45, 7) is 4.96. The summed E-state index contributed by atoms with van der Waals surface area (Å²) in [6, 6.07) is 45.0. The third-order valence-corrected chi connectivity index (χ3v) is 12.8. The molecular weight excluding hydrogens is 591 g/mol. The Balaban J connectivity index is 1.22. The van der Waals surface area contributed by atoms with Crippen LogP contribution in [-0.2, 0) is 5.41 Å². The predicted octanol–water partition coefficient (Wildman–Crippen LogP) is 12.0. The SMILES string of the molecule is CC12CCCCC1(C)N(c1ccc3c(c1)c1ccccc1n3-c1ccccc1-c1cccc3sc4ccccc4c13)c1ncccc12. The first-order chi connectivity index (χ1) is 23.1. The molecule has 5 aromatic carbocycles. The standard InChI is InChI=1S/C43H35N3S/c1-42-24-9-10-25-43(42,2)46(41-34(42)17-12-26-44-41)28-22-23-37-33(27-28)30-14-4-7-19-36(30)45(37)35-18-6-3-13-29(35)31-16-11-21-39-40(31)32-15-5-8-20-38(32)47-39/h3-8,11-23,26-27H,9-10,24-25H2,1-2H3. The number of anilines is 2. The molecule has 0 N–H and O–H groups in total. The van der Waals surface area contributed by atoms with Crippen molar-refractivity contribution in [1.82, 2.24) is 9.55 Å². The van der Waals surface area contributed by atoms with E-state index >= 15 is 0 Å². The lowest BCUT2D eigenvalue weighted by Crippen LogP contribution is -2.54. The van der Waals surface area contributed by atoms with Gasteiger partial charge in [0, 0.05) is 59.4 Å². The molecule has 1 fully saturated rings. The molecule has 10 rings (SSSR count). The molecule has 0 saturated heterocycles. The van der Waals surface area contributed by atoms with Gasteiger partial charge in [0.05, 0.1) is 22.3 Å². The van der Waals surface area contributed by atoms with E-state index in [0.717, 1.165) is 12.2 Å². The summed E-state index contributed by atoms with van der Waals surface area (Å²) in [6.07, 6.45) is 6.85. The Labute approximate surface area is 278 Å². The number of hydrogen-bond acceptors (Lipinski definition) is 3. The van der Waals surface area contributed by atoms with Gasteiger partial charge < -0.3 is 9.47 Å². The summed E-state index contributed by atoms with van der Waals surface area (Å²) in [5.74, 6) is 1.13. The lowest BCUT2D eigenvalue weighted by Gasteiger charge is -2.50. The summed E-state index contributed by atoms with van der Waals surface area (Å²) in [7, 11) is 0. The molecule has 3 nitrogen and oxygen atoms in total. The molecule has 1 aliphatic carbocycles. The Hall–Kier alpha value is -4.93. The molecule has 1 saturated carbocycles. The molecule has 0 bridgehead atoms. The number of fused-ring (bicyclic) bond motifs is 9. The molecule has 3 aromatic heterocycles. The van der Waals surface area contributed by atoms with Crippen LogP contribution in [0, 0.1) is 0 Å². The lowest BCUT2D eigenvalue weighted by molar-refractivity contribution is 0.195. The van der Waals surface area contributed by atoms with Gasteiger partial charge in [0.25, 0.3) is 0 Å². The first kappa shape index (κ1) is 27.2. The van der Waals surface area contributed by atoms with Gasteiger partial charge in [-0.15, -0.1) is 11.3 Å². The summed E-state index contributed by atoms with van der Waals surface area (Å²) in [5.41, 5.74) is 8.86. The van der Waals surface area contributed by atoms with Gasteiger partial charge in [-0.25, -0.2) is 4.98 Å². The largest absolute Gasteiger partial charge is 0.319 e. The minimum Gasteiger partial charge on any atom is -0.319 e. The van der Waals surface area contributed by atoms with Crippen LogP contribution in [0.4, 0.5) is 11.5 Å². The van der Waals surface area contributed by atoms with Crippen LogP contribution in [0.1, 0.15) is 45.1 Å². The van der Waals surface area contributed by atoms with E-state index in [0.29, 0.717) is 0 Å². The summed E-state index contributed by atoms with van der Waals surface area (Å²) < 4.78 is 5.14. The van der Waals surface area contributed by atoms with Crippen molar-refractivity contribution in [3.8, 4) is 16.8 Å². The molecule has 4 heterocycles. The highest BCUT2D eigenvalue weighted by Crippen LogP contribution is 2.60. The number of thiophene rings is 1. The molecule has 0 amide bonds. The van der Waals surface area contributed by atoms with Crippen LogP contribution in [-0.4, -0.2) is 15.1 Å². The molecule has 228 valence electrons. The highest BCUT2D eigenvalue weighted by Gasteiger charge is 2.58. The maximum Gasteiger partial charge on any atom is 0.137 e. The number of nitrogens with zero attached hydrogens (tertiary/aromatic N) is 3. The zero-order chi connectivity index (χ0) is 31.3. The van der Waals surface area contributed by atoms with Crippen LogP contribution in [0.5, 0.6) is 0 Å². The van der Waals surface area contributed by atoms with Crippen LogP contribution in [0.15, 0.2) is 128 Å². The molecule has 4 heteroatoms. The van der Waals surface area contributed by atoms with Crippen LogP contribution < -0.4 is 4.90 Å². The van der Waals surface area contributed by atoms with E-state index in [-0.39, 0.29) is 11.0 Å². The predicted molar refractivity (Wildman–Crippen MR) is 200 cm³/mol. The molecular formula is C43H35N3S. The zero-order valence-corrected chi connectivity index (χ0v) is 27.5. The van der Waals surface area contributed by atoms with Crippen molar-refractivity contribution in [2.75, 3.05) is 4.90 Å². The monoisotopic (exact) mass is 625 g/mol. The van der Waals surface area contributed by atoms with Crippen molar-refractivity contribution < 1.29 is 0 Å². The van der Waals surface area contributed by atoms with Crippen molar-refractivity contribution >= 4 is 64.8 Å². The summed E-state index contributed by atoms with van der Waals surface area (Å²) >= 11 is 1.88. The molecule has 2 unspecified atom stereocenters. The maximum absolute atomic E-state index is 5.04. The third-order valence-electron chi connectivity index (χ3n) is 11.6. The molecule has 2 aliphatic rings. The number of rotatable bonds is 3. The van der Waals surface area contributed by atoms with Crippen molar-refractivity contribution in [2.24, 2.45) is 0 Å². The average Bonchev–Trinajstić information content (AvgIpc) is 3.72. The fourth-order valence-electron chi connectivity index (χ4n) is 9.18. The first-order valence-corrected chi connectivity index (χ1v) is 17.7. The van der Waals surface area contributed by atoms with Crippen molar-refractivity contribution in [1.29, 1.82) is 0 Å². The van der Waals surface area contributed by atoms with Crippen molar-refractivity contribution in [3.63, 3.8) is 0 Å². The molecule has 0 spiro atoms. The van der Waals surface area contributed by atoms with Crippen molar-refractivity contribution in [2.45, 2.75) is 50.5 Å². The topological polar surface area (TPSA) is 21.1 Å². The van der Waals surface area contributed by atoms with Gasteiger partial charge in [0.2, 0.25) is 0 Å². The highest BCUT2D eigenvalue weighted by molar-refractivity contribution is 7.25. The fraction of sp³-hybridized carbons (Fsp3) is 0.186. The second-order valence-electron chi connectivity index (χ2n) is 13.9. The Morgan fingerprint density at radius 1 is 0.638 bits per heavy atom. The van der Waals surface area contributed by atoms with E-state index in [2.05, 4.69) is 145 Å². The normalized spacial score (nSPS) is 20.8. The van der Waals surface area contributed by atoms with Crippen LogP contribution in [0.25, 0.3) is 58.8 Å². The van der Waals surface area contributed by atoms with E-state index in [1.54, 1.807) is 0 Å². The van der Waals surface area contributed by atoms with Gasteiger partial charge >= 0.3 is 0 Å². The van der Waals surface area contributed by atoms with Gasteiger partial charge in [-0.05, 0) is 73.9 Å². The molecule has 0 radical (unpaired) electrons. The van der Waals surface area contributed by atoms with Crippen LogP contribution in [0.2, 0.25) is 0 Å². The number of para-hydroxylation sites is 2. The quantitative estimate of drug-likeness (QED) is 0.195. The number of benzene rings is 5. The van der Waals surface area contributed by atoms with E-state index < -0.39 is 0 Å². The number of hydrogen-bond donors (Lipinski definition) is 0. The van der Waals surface area contributed by atoms with E-state index in [4.69, 9.17) is 4.98 Å². The van der Waals surface area contributed by atoms with Gasteiger partial charge in [0.15, 0.2) is 0 Å². The highest BCUT2D eigenvalue weighted by atomic mass is 32.1. The Kier molecular flexibility index (Phi) is 5.67. The Morgan fingerprint density at radius 2 is 1.38 bits per heavy atom. The molecule has 8 aromatic rings.